The molecule has 0 atom stereocenters. The second kappa shape index (κ2) is 5.64. The number of nitrogens with zero attached hydrogens (tertiary/aromatic N) is 1. The normalized spacial score (nSPS) is 15.0. The molecule has 1 amide bonds. The molecule has 4 heteroatoms. The van der Waals surface area contributed by atoms with Crippen LogP contribution in [0.2, 0.25) is 0 Å². The van der Waals surface area contributed by atoms with Gasteiger partial charge in [-0.3, -0.25) is 4.79 Å². The average Bonchev–Trinajstić information content (AvgIpc) is 3.32. The number of hydrogen-bond donors (Lipinski definition) is 1. The maximum absolute atomic E-state index is 12.7. The summed E-state index contributed by atoms with van der Waals surface area (Å²) in [6, 6.07) is 17.6. The lowest BCUT2D eigenvalue weighted by molar-refractivity contribution is -0.118. The van der Waals surface area contributed by atoms with Crippen LogP contribution in [0.3, 0.4) is 0 Å². The van der Waals surface area contributed by atoms with Crippen LogP contribution in [0.1, 0.15) is 24.3 Å². The molecule has 3 aromatic rings. The number of aromatic nitrogens is 1. The molecular weight excluding hydrogens is 300 g/mol. The van der Waals surface area contributed by atoms with E-state index in [-0.39, 0.29) is 11.3 Å². The summed E-state index contributed by atoms with van der Waals surface area (Å²) in [7, 11) is 0. The van der Waals surface area contributed by atoms with Gasteiger partial charge in [0.05, 0.1) is 11.6 Å². The number of oxazole rings is 1. The number of carbonyl (C=O) groups is 1. The molecule has 1 aliphatic carbocycles. The van der Waals surface area contributed by atoms with E-state index in [0.717, 1.165) is 35.4 Å². The zero-order valence-electron chi connectivity index (χ0n) is 13.5. The van der Waals surface area contributed by atoms with Gasteiger partial charge in [-0.15, -0.1) is 0 Å². The van der Waals surface area contributed by atoms with Crippen molar-refractivity contribution in [3.05, 3.63) is 72.2 Å². The van der Waals surface area contributed by atoms with Crippen LogP contribution in [0.4, 0.5) is 5.69 Å². The van der Waals surface area contributed by atoms with Crippen LogP contribution in [0.15, 0.2) is 65.2 Å². The second-order valence-electron chi connectivity index (χ2n) is 6.22. The zero-order valence-corrected chi connectivity index (χ0v) is 13.5. The highest BCUT2D eigenvalue weighted by atomic mass is 16.4. The molecule has 0 saturated heterocycles. The van der Waals surface area contributed by atoms with E-state index < -0.39 is 0 Å². The van der Waals surface area contributed by atoms with Gasteiger partial charge >= 0.3 is 0 Å². The molecule has 0 unspecified atom stereocenters. The molecule has 4 rings (SSSR count). The molecule has 1 heterocycles. The lowest BCUT2D eigenvalue weighted by atomic mass is 9.95. The Kier molecular flexibility index (Phi) is 3.45. The van der Waals surface area contributed by atoms with Crippen molar-refractivity contribution in [1.29, 1.82) is 0 Å². The predicted octanol–water partition coefficient (Wildman–Crippen LogP) is 4.32. The Morgan fingerprint density at radius 1 is 1.08 bits per heavy atom. The van der Waals surface area contributed by atoms with Crippen LogP contribution in [-0.4, -0.2) is 10.9 Å². The van der Waals surface area contributed by atoms with Crippen molar-refractivity contribution in [2.45, 2.75) is 25.2 Å². The van der Waals surface area contributed by atoms with Gasteiger partial charge in [0.15, 0.2) is 11.7 Å². The number of amides is 1. The molecule has 1 N–H and O–H groups in total. The summed E-state index contributed by atoms with van der Waals surface area (Å²) in [5.74, 6) is 1.44. The first-order valence-corrected chi connectivity index (χ1v) is 8.07. The molecule has 0 aliphatic heterocycles. The third-order valence-electron chi connectivity index (χ3n) is 4.56. The van der Waals surface area contributed by atoms with Crippen molar-refractivity contribution in [3.63, 3.8) is 0 Å². The van der Waals surface area contributed by atoms with Crippen LogP contribution in [0.25, 0.3) is 11.3 Å². The Hall–Kier alpha value is -2.88. The third-order valence-corrected chi connectivity index (χ3v) is 4.56. The first kappa shape index (κ1) is 14.7. The fourth-order valence-corrected chi connectivity index (χ4v) is 2.99. The summed E-state index contributed by atoms with van der Waals surface area (Å²) in [6.45, 7) is 1.82. The number of rotatable bonds is 4. The van der Waals surface area contributed by atoms with Crippen molar-refractivity contribution in [1.82, 2.24) is 4.98 Å². The van der Waals surface area contributed by atoms with Gasteiger partial charge in [0, 0.05) is 18.2 Å². The van der Waals surface area contributed by atoms with E-state index in [2.05, 4.69) is 10.3 Å². The SMILES string of the molecule is Cc1ncc(-c2ccc(NC(=O)C3(c4ccccc4)CC3)cc2)o1. The number of anilines is 1. The molecule has 1 aromatic heterocycles. The van der Waals surface area contributed by atoms with E-state index in [4.69, 9.17) is 4.42 Å². The first-order chi connectivity index (χ1) is 11.7. The van der Waals surface area contributed by atoms with Crippen molar-refractivity contribution in [3.8, 4) is 11.3 Å². The highest BCUT2D eigenvalue weighted by Crippen LogP contribution is 2.48. The van der Waals surface area contributed by atoms with E-state index >= 15 is 0 Å². The number of nitrogens with one attached hydrogen (secondary N) is 1. The molecule has 0 bridgehead atoms. The van der Waals surface area contributed by atoms with Gasteiger partial charge in [-0.25, -0.2) is 4.98 Å². The summed E-state index contributed by atoms with van der Waals surface area (Å²) < 4.78 is 5.51. The molecule has 1 saturated carbocycles. The number of carbonyl (C=O) groups excluding carboxylic acids is 1. The fraction of sp³-hybridized carbons (Fsp3) is 0.200. The Morgan fingerprint density at radius 3 is 2.38 bits per heavy atom. The minimum atomic E-state index is -0.359. The summed E-state index contributed by atoms with van der Waals surface area (Å²) in [5.41, 5.74) is 2.47. The fourth-order valence-electron chi connectivity index (χ4n) is 2.99. The van der Waals surface area contributed by atoms with E-state index in [1.54, 1.807) is 6.20 Å². The highest BCUT2D eigenvalue weighted by molar-refractivity contribution is 6.01. The third kappa shape index (κ3) is 2.60. The monoisotopic (exact) mass is 318 g/mol. The summed E-state index contributed by atoms with van der Waals surface area (Å²) >= 11 is 0. The summed E-state index contributed by atoms with van der Waals surface area (Å²) in [4.78, 5) is 16.8. The van der Waals surface area contributed by atoms with Crippen molar-refractivity contribution in [2.75, 3.05) is 5.32 Å². The Labute approximate surface area is 140 Å². The minimum absolute atomic E-state index is 0.0666. The van der Waals surface area contributed by atoms with Crippen molar-refractivity contribution >= 4 is 11.6 Å². The van der Waals surface area contributed by atoms with E-state index in [0.29, 0.717) is 5.89 Å². The van der Waals surface area contributed by atoms with E-state index in [1.807, 2.05) is 61.5 Å². The Balaban J connectivity index is 1.50. The van der Waals surface area contributed by atoms with E-state index in [9.17, 15) is 4.79 Å². The van der Waals surface area contributed by atoms with Crippen LogP contribution >= 0.6 is 0 Å². The quantitative estimate of drug-likeness (QED) is 0.779. The molecule has 0 radical (unpaired) electrons. The van der Waals surface area contributed by atoms with Gasteiger partial charge in [-0.1, -0.05) is 30.3 Å². The lowest BCUT2D eigenvalue weighted by Crippen LogP contribution is -2.27. The van der Waals surface area contributed by atoms with Crippen LogP contribution < -0.4 is 5.32 Å². The van der Waals surface area contributed by atoms with Gasteiger partial charge in [0.25, 0.3) is 0 Å². The molecule has 4 nitrogen and oxygen atoms in total. The maximum atomic E-state index is 12.7. The minimum Gasteiger partial charge on any atom is -0.441 e. The Morgan fingerprint density at radius 2 is 1.79 bits per heavy atom. The van der Waals surface area contributed by atoms with Crippen LogP contribution in [-0.2, 0) is 10.2 Å². The number of benzene rings is 2. The largest absolute Gasteiger partial charge is 0.441 e. The first-order valence-electron chi connectivity index (χ1n) is 8.07. The van der Waals surface area contributed by atoms with Gasteiger partial charge in [-0.05, 0) is 42.7 Å². The summed E-state index contributed by atoms with van der Waals surface area (Å²) in [5, 5.41) is 3.04. The predicted molar refractivity (Wildman–Crippen MR) is 92.7 cm³/mol. The maximum Gasteiger partial charge on any atom is 0.235 e. The van der Waals surface area contributed by atoms with Crippen molar-refractivity contribution in [2.24, 2.45) is 0 Å². The zero-order chi connectivity index (χ0) is 16.6. The van der Waals surface area contributed by atoms with Gasteiger partial charge in [-0.2, -0.15) is 0 Å². The number of aryl methyl sites for hydroxylation is 1. The molecule has 1 fully saturated rings. The van der Waals surface area contributed by atoms with Crippen LogP contribution in [0, 0.1) is 6.92 Å². The van der Waals surface area contributed by atoms with Crippen LogP contribution in [0.5, 0.6) is 0 Å². The Bertz CT molecular complexity index is 862. The number of hydrogen-bond acceptors (Lipinski definition) is 3. The average molecular weight is 318 g/mol. The van der Waals surface area contributed by atoms with Gasteiger partial charge < -0.3 is 9.73 Å². The highest BCUT2D eigenvalue weighted by Gasteiger charge is 2.51. The van der Waals surface area contributed by atoms with Gasteiger partial charge in [0.1, 0.15) is 0 Å². The molecule has 2 aromatic carbocycles. The topological polar surface area (TPSA) is 55.1 Å². The summed E-state index contributed by atoms with van der Waals surface area (Å²) in [6.07, 6.45) is 3.51. The van der Waals surface area contributed by atoms with E-state index in [1.165, 1.54) is 0 Å². The standard InChI is InChI=1S/C20H18N2O2/c1-14-21-13-18(24-14)15-7-9-17(10-8-15)22-19(23)20(11-12-20)16-5-3-2-4-6-16/h2-10,13H,11-12H2,1H3,(H,22,23). The molecule has 0 spiro atoms. The molecule has 120 valence electrons. The smallest absolute Gasteiger partial charge is 0.235 e. The molecule has 1 aliphatic rings. The van der Waals surface area contributed by atoms with Gasteiger partial charge in [0.2, 0.25) is 5.91 Å². The molecule has 24 heavy (non-hydrogen) atoms. The van der Waals surface area contributed by atoms with Crippen molar-refractivity contribution < 1.29 is 9.21 Å². The second-order valence-corrected chi connectivity index (χ2v) is 6.22. The lowest BCUT2D eigenvalue weighted by Gasteiger charge is -2.15. The molecular formula is C20H18N2O2.